The maximum absolute atomic E-state index is 6.23. The summed E-state index contributed by atoms with van der Waals surface area (Å²) in [5.41, 5.74) is 9.31. The second-order valence-corrected chi connectivity index (χ2v) is 8.12. The first-order chi connectivity index (χ1) is 15.1. The van der Waals surface area contributed by atoms with Crippen LogP contribution < -0.4 is 15.4 Å². The molecule has 0 unspecified atom stereocenters. The molecular weight excluding hydrogens is 394 g/mol. The fourth-order valence-electron chi connectivity index (χ4n) is 4.26. The van der Waals surface area contributed by atoms with Crippen molar-refractivity contribution in [1.29, 1.82) is 0 Å². The Labute approximate surface area is 180 Å². The number of imidazole rings is 1. The highest BCUT2D eigenvalue weighted by Gasteiger charge is 2.27. The highest BCUT2D eigenvalue weighted by molar-refractivity contribution is 5.94. The Balaban J connectivity index is 1.54. The van der Waals surface area contributed by atoms with E-state index in [0.717, 1.165) is 48.3 Å². The molecule has 1 aliphatic heterocycles. The minimum absolute atomic E-state index is 0.0685. The van der Waals surface area contributed by atoms with Crippen molar-refractivity contribution in [3.05, 3.63) is 42.6 Å². The van der Waals surface area contributed by atoms with Gasteiger partial charge in [-0.05, 0) is 44.0 Å². The van der Waals surface area contributed by atoms with Gasteiger partial charge in [-0.2, -0.15) is 0 Å². The summed E-state index contributed by atoms with van der Waals surface area (Å²) in [6, 6.07) is 12.3. The fraction of sp³-hybridized carbons (Fsp3) is 0.391. The molecule has 4 aromatic rings. The van der Waals surface area contributed by atoms with Crippen molar-refractivity contribution in [1.82, 2.24) is 14.6 Å². The Morgan fingerprint density at radius 1 is 1.29 bits per heavy atom. The van der Waals surface area contributed by atoms with E-state index in [4.69, 9.17) is 19.6 Å². The van der Waals surface area contributed by atoms with Crippen LogP contribution in [0.1, 0.15) is 19.8 Å². The average molecular weight is 422 g/mol. The number of ether oxygens (including phenoxy) is 2. The lowest BCUT2D eigenvalue weighted by atomic mass is 10.1. The van der Waals surface area contributed by atoms with Crippen LogP contribution in [0.4, 0.5) is 5.69 Å². The quantitative estimate of drug-likeness (QED) is 0.488. The maximum atomic E-state index is 6.23. The monoisotopic (exact) mass is 421 g/mol. The Morgan fingerprint density at radius 2 is 2.19 bits per heavy atom. The molecule has 2 atom stereocenters. The van der Waals surface area contributed by atoms with Gasteiger partial charge in [0.2, 0.25) is 5.88 Å². The molecule has 0 aliphatic carbocycles. The second kappa shape index (κ2) is 8.20. The minimum atomic E-state index is -0.0685. The van der Waals surface area contributed by atoms with Gasteiger partial charge >= 0.3 is 0 Å². The molecule has 1 aromatic carbocycles. The summed E-state index contributed by atoms with van der Waals surface area (Å²) in [7, 11) is 1.76. The molecule has 4 heterocycles. The summed E-state index contributed by atoms with van der Waals surface area (Å²) in [5.74, 6) is 1.22. The number of anilines is 1. The molecule has 0 bridgehead atoms. The molecule has 0 amide bonds. The van der Waals surface area contributed by atoms with E-state index in [1.54, 1.807) is 23.9 Å². The van der Waals surface area contributed by atoms with Crippen LogP contribution in [0.25, 0.3) is 28.1 Å². The highest BCUT2D eigenvalue weighted by atomic mass is 16.5. The number of benzene rings is 1. The molecule has 31 heavy (non-hydrogen) atoms. The van der Waals surface area contributed by atoms with Crippen molar-refractivity contribution < 1.29 is 13.9 Å². The first-order valence-electron chi connectivity index (χ1n) is 10.7. The van der Waals surface area contributed by atoms with Crippen LogP contribution in [0.5, 0.6) is 5.88 Å². The lowest BCUT2D eigenvalue weighted by Crippen LogP contribution is -2.32. The number of nitrogens with two attached hydrogens (primary N) is 1. The van der Waals surface area contributed by atoms with Crippen molar-refractivity contribution in [3.63, 3.8) is 0 Å². The molecule has 1 aliphatic rings. The molecule has 3 aromatic heterocycles. The third-order valence-electron chi connectivity index (χ3n) is 5.67. The van der Waals surface area contributed by atoms with E-state index in [1.165, 1.54) is 5.69 Å². The van der Waals surface area contributed by atoms with E-state index in [2.05, 4.69) is 27.1 Å². The van der Waals surface area contributed by atoms with E-state index < -0.39 is 0 Å². The number of nitrogens with zero attached hydrogens (tertiary/aromatic N) is 4. The zero-order valence-corrected chi connectivity index (χ0v) is 17.8. The summed E-state index contributed by atoms with van der Waals surface area (Å²) < 4.78 is 19.1. The van der Waals surface area contributed by atoms with E-state index in [9.17, 15) is 0 Å². The van der Waals surface area contributed by atoms with Gasteiger partial charge in [0.25, 0.3) is 0 Å². The third-order valence-corrected chi connectivity index (χ3v) is 5.67. The lowest BCUT2D eigenvalue weighted by molar-refractivity contribution is 0.181. The molecule has 0 saturated carbocycles. The SMILES string of the molecule is COC[C@H]1CCCN1c1cccc2oc(-c3cnc4ccc(OC[C@H](C)N)nn34)cc12. The van der Waals surface area contributed by atoms with Gasteiger partial charge in [0.15, 0.2) is 11.4 Å². The van der Waals surface area contributed by atoms with Gasteiger partial charge in [-0.25, -0.2) is 9.50 Å². The maximum Gasteiger partial charge on any atom is 0.231 e. The summed E-state index contributed by atoms with van der Waals surface area (Å²) >= 11 is 0. The number of aromatic nitrogens is 3. The van der Waals surface area contributed by atoms with Crippen LogP contribution in [0, 0.1) is 0 Å². The number of rotatable bonds is 7. The molecule has 162 valence electrons. The van der Waals surface area contributed by atoms with E-state index in [-0.39, 0.29) is 6.04 Å². The molecule has 8 heteroatoms. The zero-order valence-electron chi connectivity index (χ0n) is 17.8. The zero-order chi connectivity index (χ0) is 21.4. The summed E-state index contributed by atoms with van der Waals surface area (Å²) in [4.78, 5) is 6.90. The number of methoxy groups -OCH3 is 1. The molecule has 0 spiro atoms. The Morgan fingerprint density at radius 3 is 3.03 bits per heavy atom. The van der Waals surface area contributed by atoms with Crippen LogP contribution in [0.15, 0.2) is 47.0 Å². The Kier molecular flexibility index (Phi) is 5.25. The van der Waals surface area contributed by atoms with Crippen molar-refractivity contribution in [3.8, 4) is 17.3 Å². The standard InChI is InChI=1S/C23H27N5O3/c1-15(24)13-30-23-9-8-22-25-12-19(28(22)26-23)21-11-17-18(6-3-7-20(17)31-21)27-10-4-5-16(27)14-29-2/h3,6-9,11-12,15-16H,4-5,10,13-14,24H2,1-2H3/t15-,16+/m0/s1. The second-order valence-electron chi connectivity index (χ2n) is 8.12. The van der Waals surface area contributed by atoms with Gasteiger partial charge < -0.3 is 24.5 Å². The van der Waals surface area contributed by atoms with Crippen molar-refractivity contribution in [2.75, 3.05) is 31.8 Å². The fourth-order valence-corrected chi connectivity index (χ4v) is 4.26. The number of furan rings is 1. The normalized spacial score (nSPS) is 17.6. The van der Waals surface area contributed by atoms with Crippen molar-refractivity contribution in [2.24, 2.45) is 5.73 Å². The van der Waals surface area contributed by atoms with Gasteiger partial charge in [0.1, 0.15) is 17.9 Å². The molecule has 5 rings (SSSR count). The topological polar surface area (TPSA) is 91.0 Å². The Bertz CT molecular complexity index is 1200. The predicted molar refractivity (Wildman–Crippen MR) is 120 cm³/mol. The molecule has 1 fully saturated rings. The highest BCUT2D eigenvalue weighted by Crippen LogP contribution is 2.37. The van der Waals surface area contributed by atoms with Gasteiger partial charge in [-0.3, -0.25) is 0 Å². The molecule has 0 radical (unpaired) electrons. The number of hydrogen-bond acceptors (Lipinski definition) is 7. The lowest BCUT2D eigenvalue weighted by Gasteiger charge is -2.26. The molecule has 1 saturated heterocycles. The largest absolute Gasteiger partial charge is 0.475 e. The number of fused-ring (bicyclic) bond motifs is 2. The van der Waals surface area contributed by atoms with Crippen LogP contribution in [-0.4, -0.2) is 53.6 Å². The van der Waals surface area contributed by atoms with Gasteiger partial charge in [-0.15, -0.1) is 5.10 Å². The van der Waals surface area contributed by atoms with Crippen LogP contribution in [-0.2, 0) is 4.74 Å². The summed E-state index contributed by atoms with van der Waals surface area (Å²) in [5, 5.41) is 5.66. The minimum Gasteiger partial charge on any atom is -0.475 e. The summed E-state index contributed by atoms with van der Waals surface area (Å²) in [6.45, 7) is 4.04. The Hall–Kier alpha value is -3.10. The number of hydrogen-bond donors (Lipinski definition) is 1. The van der Waals surface area contributed by atoms with Crippen molar-refractivity contribution in [2.45, 2.75) is 31.8 Å². The van der Waals surface area contributed by atoms with E-state index in [0.29, 0.717) is 24.3 Å². The van der Waals surface area contributed by atoms with E-state index in [1.807, 2.05) is 25.1 Å². The molecular formula is C23H27N5O3. The van der Waals surface area contributed by atoms with Gasteiger partial charge in [0, 0.05) is 36.8 Å². The van der Waals surface area contributed by atoms with Crippen LogP contribution >= 0.6 is 0 Å². The van der Waals surface area contributed by atoms with Gasteiger partial charge in [0.05, 0.1) is 18.8 Å². The molecule has 2 N–H and O–H groups in total. The smallest absolute Gasteiger partial charge is 0.231 e. The van der Waals surface area contributed by atoms with E-state index >= 15 is 0 Å². The third kappa shape index (κ3) is 3.73. The summed E-state index contributed by atoms with van der Waals surface area (Å²) in [6.07, 6.45) is 4.07. The predicted octanol–water partition coefficient (Wildman–Crippen LogP) is 3.48. The van der Waals surface area contributed by atoms with Crippen LogP contribution in [0.2, 0.25) is 0 Å². The van der Waals surface area contributed by atoms with Crippen molar-refractivity contribution >= 4 is 22.3 Å². The molecule has 8 nitrogen and oxygen atoms in total. The first kappa shape index (κ1) is 19.8. The average Bonchev–Trinajstić information content (AvgIpc) is 3.49. The first-order valence-corrected chi connectivity index (χ1v) is 10.7. The van der Waals surface area contributed by atoms with Crippen LogP contribution in [0.3, 0.4) is 0 Å². The van der Waals surface area contributed by atoms with Gasteiger partial charge in [-0.1, -0.05) is 6.07 Å².